The number of rotatable bonds is 10. The number of nitrogens with zero attached hydrogens (tertiary/aromatic N) is 2. The molecule has 0 atom stereocenters. The molecule has 18 heavy (non-hydrogen) atoms. The van der Waals surface area contributed by atoms with Gasteiger partial charge in [-0.15, -0.1) is 0 Å². The highest BCUT2D eigenvalue weighted by atomic mass is 19.3. The van der Waals surface area contributed by atoms with Crippen LogP contribution < -0.4 is 5.32 Å². The molecule has 0 aliphatic carbocycles. The second kappa shape index (κ2) is 9.03. The van der Waals surface area contributed by atoms with Gasteiger partial charge in [-0.25, -0.2) is 4.98 Å². The number of imidazole rings is 1. The maximum atomic E-state index is 12.5. The molecule has 0 saturated heterocycles. The minimum Gasteiger partial charge on any atom is -0.310 e. The Labute approximate surface area is 108 Å². The SMILES string of the molecule is CCCCCCCCNCc1nccn1C(F)F. The van der Waals surface area contributed by atoms with Crippen LogP contribution in [0.1, 0.15) is 57.8 Å². The lowest BCUT2D eigenvalue weighted by Crippen LogP contribution is -2.18. The van der Waals surface area contributed by atoms with Gasteiger partial charge in [0.1, 0.15) is 5.82 Å². The van der Waals surface area contributed by atoms with Crippen LogP contribution in [-0.2, 0) is 6.54 Å². The molecule has 0 aliphatic heterocycles. The molecule has 1 aromatic rings. The summed E-state index contributed by atoms with van der Waals surface area (Å²) in [5.41, 5.74) is 0. The normalized spacial score (nSPS) is 11.3. The fourth-order valence-electron chi connectivity index (χ4n) is 1.89. The van der Waals surface area contributed by atoms with Gasteiger partial charge < -0.3 is 5.32 Å². The van der Waals surface area contributed by atoms with E-state index in [0.29, 0.717) is 12.4 Å². The fourth-order valence-corrected chi connectivity index (χ4v) is 1.89. The van der Waals surface area contributed by atoms with Gasteiger partial charge in [0.15, 0.2) is 0 Å². The number of halogens is 2. The quantitative estimate of drug-likeness (QED) is 0.649. The third kappa shape index (κ3) is 5.58. The number of alkyl halides is 2. The standard InChI is InChI=1S/C13H23F2N3/c1-2-3-4-5-6-7-8-16-11-12-17-9-10-18(12)13(14)15/h9-10,13,16H,2-8,11H2,1H3. The van der Waals surface area contributed by atoms with Gasteiger partial charge in [0.05, 0.1) is 6.54 Å². The summed E-state index contributed by atoms with van der Waals surface area (Å²) < 4.78 is 25.9. The zero-order valence-corrected chi connectivity index (χ0v) is 11.0. The van der Waals surface area contributed by atoms with Gasteiger partial charge in [0, 0.05) is 12.4 Å². The minimum atomic E-state index is -2.50. The van der Waals surface area contributed by atoms with Crippen LogP contribution in [0.4, 0.5) is 8.78 Å². The Balaban J connectivity index is 2.05. The van der Waals surface area contributed by atoms with Crippen LogP contribution >= 0.6 is 0 Å². The first-order chi connectivity index (χ1) is 8.75. The summed E-state index contributed by atoms with van der Waals surface area (Å²) in [5, 5.41) is 3.16. The van der Waals surface area contributed by atoms with Crippen LogP contribution in [0.15, 0.2) is 12.4 Å². The first-order valence-electron chi connectivity index (χ1n) is 6.76. The Bertz CT molecular complexity index is 313. The van der Waals surface area contributed by atoms with E-state index in [1.54, 1.807) is 0 Å². The summed E-state index contributed by atoms with van der Waals surface area (Å²) in [7, 11) is 0. The van der Waals surface area contributed by atoms with Gasteiger partial charge in [-0.05, 0) is 13.0 Å². The number of hydrogen-bond donors (Lipinski definition) is 1. The van der Waals surface area contributed by atoms with E-state index < -0.39 is 6.55 Å². The second-order valence-corrected chi connectivity index (χ2v) is 4.47. The predicted octanol–water partition coefficient (Wildman–Crippen LogP) is 3.73. The van der Waals surface area contributed by atoms with Crippen molar-refractivity contribution >= 4 is 0 Å². The Morgan fingerprint density at radius 3 is 2.67 bits per heavy atom. The minimum absolute atomic E-state index is 0.399. The predicted molar refractivity (Wildman–Crippen MR) is 68.6 cm³/mol. The van der Waals surface area contributed by atoms with Crippen LogP contribution in [0.5, 0.6) is 0 Å². The van der Waals surface area contributed by atoms with Gasteiger partial charge >= 0.3 is 6.55 Å². The van der Waals surface area contributed by atoms with E-state index in [2.05, 4.69) is 17.2 Å². The molecule has 0 amide bonds. The topological polar surface area (TPSA) is 29.9 Å². The molecule has 1 heterocycles. The highest BCUT2D eigenvalue weighted by molar-refractivity contribution is 4.92. The number of aromatic nitrogens is 2. The molecular formula is C13H23F2N3. The van der Waals surface area contributed by atoms with Crippen molar-refractivity contribution in [2.75, 3.05) is 6.54 Å². The van der Waals surface area contributed by atoms with Gasteiger partial charge in [0.25, 0.3) is 0 Å². The zero-order valence-electron chi connectivity index (χ0n) is 11.0. The Kier molecular flexibility index (Phi) is 7.57. The van der Waals surface area contributed by atoms with Crippen molar-refractivity contribution in [2.45, 2.75) is 58.5 Å². The molecule has 0 bridgehead atoms. The average Bonchev–Trinajstić information content (AvgIpc) is 2.81. The molecule has 0 unspecified atom stereocenters. The first-order valence-corrected chi connectivity index (χ1v) is 6.76. The van der Waals surface area contributed by atoms with Crippen molar-refractivity contribution in [3.05, 3.63) is 18.2 Å². The van der Waals surface area contributed by atoms with Gasteiger partial charge in [0.2, 0.25) is 0 Å². The number of hydrogen-bond acceptors (Lipinski definition) is 2. The molecule has 0 fully saturated rings. The Morgan fingerprint density at radius 1 is 1.22 bits per heavy atom. The molecular weight excluding hydrogens is 236 g/mol. The molecule has 0 spiro atoms. The van der Waals surface area contributed by atoms with E-state index >= 15 is 0 Å². The molecule has 1 N–H and O–H groups in total. The summed E-state index contributed by atoms with van der Waals surface area (Å²) >= 11 is 0. The summed E-state index contributed by atoms with van der Waals surface area (Å²) in [5.74, 6) is 0.399. The van der Waals surface area contributed by atoms with Crippen molar-refractivity contribution in [2.24, 2.45) is 0 Å². The number of unbranched alkanes of at least 4 members (excludes halogenated alkanes) is 5. The van der Waals surface area contributed by atoms with Crippen molar-refractivity contribution in [1.82, 2.24) is 14.9 Å². The monoisotopic (exact) mass is 259 g/mol. The van der Waals surface area contributed by atoms with Crippen LogP contribution in [0.2, 0.25) is 0 Å². The van der Waals surface area contributed by atoms with Crippen molar-refractivity contribution in [3.63, 3.8) is 0 Å². The van der Waals surface area contributed by atoms with Gasteiger partial charge in [-0.3, -0.25) is 4.57 Å². The largest absolute Gasteiger partial charge is 0.319 e. The van der Waals surface area contributed by atoms with E-state index in [4.69, 9.17) is 0 Å². The number of nitrogens with one attached hydrogen (secondary N) is 1. The van der Waals surface area contributed by atoms with E-state index in [0.717, 1.165) is 17.5 Å². The molecule has 0 aromatic carbocycles. The molecule has 0 aliphatic rings. The molecule has 0 radical (unpaired) electrons. The summed E-state index contributed by atoms with van der Waals surface area (Å²) in [6.45, 7) is 0.972. The maximum absolute atomic E-state index is 12.5. The molecule has 1 rings (SSSR count). The lowest BCUT2D eigenvalue weighted by Gasteiger charge is -2.07. The van der Waals surface area contributed by atoms with Gasteiger partial charge in [-0.2, -0.15) is 8.78 Å². The molecule has 1 aromatic heterocycles. The smallest absolute Gasteiger partial charge is 0.310 e. The molecule has 0 saturated carbocycles. The maximum Gasteiger partial charge on any atom is 0.319 e. The van der Waals surface area contributed by atoms with Crippen LogP contribution in [0.3, 0.4) is 0 Å². The van der Waals surface area contributed by atoms with E-state index in [9.17, 15) is 8.78 Å². The Morgan fingerprint density at radius 2 is 1.94 bits per heavy atom. The van der Waals surface area contributed by atoms with E-state index in [1.165, 1.54) is 44.5 Å². The van der Waals surface area contributed by atoms with E-state index in [1.807, 2.05) is 0 Å². The lowest BCUT2D eigenvalue weighted by atomic mass is 10.1. The molecule has 5 heteroatoms. The molecule has 104 valence electrons. The van der Waals surface area contributed by atoms with Crippen molar-refractivity contribution in [1.29, 1.82) is 0 Å². The van der Waals surface area contributed by atoms with Crippen molar-refractivity contribution in [3.8, 4) is 0 Å². The second-order valence-electron chi connectivity index (χ2n) is 4.47. The summed E-state index contributed by atoms with van der Waals surface area (Å²) in [6.07, 6.45) is 10.1. The highest BCUT2D eigenvalue weighted by Gasteiger charge is 2.10. The Hall–Kier alpha value is -0.970. The molecule has 3 nitrogen and oxygen atoms in total. The van der Waals surface area contributed by atoms with Crippen LogP contribution in [0, 0.1) is 0 Å². The third-order valence-corrected chi connectivity index (χ3v) is 2.95. The van der Waals surface area contributed by atoms with Crippen molar-refractivity contribution < 1.29 is 8.78 Å². The van der Waals surface area contributed by atoms with Crippen LogP contribution in [0.25, 0.3) is 0 Å². The fraction of sp³-hybridized carbons (Fsp3) is 0.769. The van der Waals surface area contributed by atoms with Gasteiger partial charge in [-0.1, -0.05) is 39.0 Å². The third-order valence-electron chi connectivity index (χ3n) is 2.95. The average molecular weight is 259 g/mol. The van der Waals surface area contributed by atoms with Crippen LogP contribution in [-0.4, -0.2) is 16.1 Å². The van der Waals surface area contributed by atoms with E-state index in [-0.39, 0.29) is 0 Å². The highest BCUT2D eigenvalue weighted by Crippen LogP contribution is 2.12. The summed E-state index contributed by atoms with van der Waals surface area (Å²) in [4.78, 5) is 3.92. The first kappa shape index (κ1) is 15.1. The zero-order chi connectivity index (χ0) is 13.2. The lowest BCUT2D eigenvalue weighted by molar-refractivity contribution is 0.0666. The summed E-state index contributed by atoms with van der Waals surface area (Å²) in [6, 6.07) is 0.